The fourth-order valence-corrected chi connectivity index (χ4v) is 2.48. The lowest BCUT2D eigenvalue weighted by molar-refractivity contribution is 0.0974. The second-order valence-corrected chi connectivity index (χ2v) is 4.71. The maximum absolute atomic E-state index is 8.98. The summed E-state index contributed by atoms with van der Waals surface area (Å²) in [6.45, 7) is 1.19. The van der Waals surface area contributed by atoms with E-state index in [0.29, 0.717) is 29.8 Å². The first-order valence-corrected chi connectivity index (χ1v) is 5.80. The maximum Gasteiger partial charge on any atom is 0.165 e. The molecule has 1 fully saturated rings. The zero-order chi connectivity index (χ0) is 11.8. The van der Waals surface area contributed by atoms with E-state index in [1.165, 1.54) is 6.33 Å². The lowest BCUT2D eigenvalue weighted by Crippen LogP contribution is -2.29. The molecule has 6 heteroatoms. The Hall–Kier alpha value is -1.69. The Labute approximate surface area is 98.5 Å². The molecule has 0 aliphatic heterocycles. The Balaban J connectivity index is 1.80. The number of nitrogen functional groups attached to an aromatic ring is 1. The van der Waals surface area contributed by atoms with Gasteiger partial charge in [0.15, 0.2) is 11.5 Å². The van der Waals surface area contributed by atoms with Gasteiger partial charge in [0.25, 0.3) is 0 Å². The highest BCUT2D eigenvalue weighted by molar-refractivity contribution is 5.81. The van der Waals surface area contributed by atoms with Gasteiger partial charge in [-0.15, -0.1) is 0 Å². The fourth-order valence-electron chi connectivity index (χ4n) is 2.48. The van der Waals surface area contributed by atoms with Crippen LogP contribution in [0.4, 0.5) is 5.82 Å². The molecule has 0 aromatic carbocycles. The minimum atomic E-state index is 0.302. The highest BCUT2D eigenvalue weighted by Crippen LogP contribution is 2.34. The molecule has 0 amide bonds. The van der Waals surface area contributed by atoms with Crippen LogP contribution in [0.15, 0.2) is 12.7 Å². The molecule has 0 radical (unpaired) electrons. The van der Waals surface area contributed by atoms with Crippen LogP contribution in [0.1, 0.15) is 12.8 Å². The van der Waals surface area contributed by atoms with Crippen LogP contribution in [0.25, 0.3) is 11.2 Å². The summed E-state index contributed by atoms with van der Waals surface area (Å²) in [5.74, 6) is 1.52. The van der Waals surface area contributed by atoms with E-state index in [1.807, 2.05) is 4.57 Å². The van der Waals surface area contributed by atoms with E-state index in [-0.39, 0.29) is 0 Å². The minimum absolute atomic E-state index is 0.302. The third-order valence-corrected chi connectivity index (χ3v) is 3.48. The van der Waals surface area contributed by atoms with Gasteiger partial charge >= 0.3 is 0 Å². The molecule has 90 valence electrons. The highest BCUT2D eigenvalue weighted by atomic mass is 16.3. The van der Waals surface area contributed by atoms with Crippen LogP contribution in [0, 0.1) is 11.8 Å². The van der Waals surface area contributed by atoms with Crippen molar-refractivity contribution < 1.29 is 5.11 Å². The lowest BCUT2D eigenvalue weighted by atomic mass is 9.75. The van der Waals surface area contributed by atoms with Crippen LogP contribution in [0.5, 0.6) is 0 Å². The summed E-state index contributed by atoms with van der Waals surface area (Å²) in [5.41, 5.74) is 7.20. The third kappa shape index (κ3) is 1.74. The van der Waals surface area contributed by atoms with E-state index in [4.69, 9.17) is 10.8 Å². The predicted octanol–water partition coefficient (Wildman–Crippen LogP) is 0.427. The SMILES string of the molecule is Nc1ncnc2c1ncn2CC1CC(CO)C1. The third-order valence-electron chi connectivity index (χ3n) is 3.48. The largest absolute Gasteiger partial charge is 0.396 e. The normalized spacial score (nSPS) is 23.8. The monoisotopic (exact) mass is 233 g/mol. The van der Waals surface area contributed by atoms with Crippen molar-refractivity contribution in [2.45, 2.75) is 19.4 Å². The molecule has 17 heavy (non-hydrogen) atoms. The zero-order valence-corrected chi connectivity index (χ0v) is 9.45. The number of hydrogen-bond donors (Lipinski definition) is 2. The van der Waals surface area contributed by atoms with Crippen LogP contribution >= 0.6 is 0 Å². The lowest BCUT2D eigenvalue weighted by Gasteiger charge is -2.34. The first-order valence-electron chi connectivity index (χ1n) is 5.80. The highest BCUT2D eigenvalue weighted by Gasteiger charge is 2.28. The Bertz CT molecular complexity index is 532. The van der Waals surface area contributed by atoms with Gasteiger partial charge in [0.2, 0.25) is 0 Å². The molecule has 0 spiro atoms. The number of hydrogen-bond acceptors (Lipinski definition) is 5. The molecule has 0 bridgehead atoms. The second-order valence-electron chi connectivity index (χ2n) is 4.71. The first kappa shape index (κ1) is 10.5. The van der Waals surface area contributed by atoms with Gasteiger partial charge in [0.05, 0.1) is 6.33 Å². The number of imidazole rings is 1. The number of aromatic nitrogens is 4. The summed E-state index contributed by atoms with van der Waals surface area (Å²) >= 11 is 0. The Kier molecular flexibility index (Phi) is 2.44. The summed E-state index contributed by atoms with van der Waals surface area (Å²) in [5, 5.41) is 8.98. The average Bonchev–Trinajstić information content (AvgIpc) is 2.68. The van der Waals surface area contributed by atoms with Gasteiger partial charge in [-0.2, -0.15) is 0 Å². The molecule has 0 saturated heterocycles. The Morgan fingerprint density at radius 1 is 1.29 bits per heavy atom. The Morgan fingerprint density at radius 3 is 2.88 bits per heavy atom. The van der Waals surface area contributed by atoms with Gasteiger partial charge in [-0.05, 0) is 24.7 Å². The summed E-state index contributed by atoms with van der Waals surface area (Å²) in [6, 6.07) is 0. The van der Waals surface area contributed by atoms with Gasteiger partial charge in [0, 0.05) is 13.2 Å². The number of aliphatic hydroxyl groups excluding tert-OH is 1. The van der Waals surface area contributed by atoms with Gasteiger partial charge < -0.3 is 15.4 Å². The van der Waals surface area contributed by atoms with Gasteiger partial charge in [-0.1, -0.05) is 0 Å². The molecule has 0 atom stereocenters. The molecular weight excluding hydrogens is 218 g/mol. The van der Waals surface area contributed by atoms with Crippen molar-refractivity contribution in [1.82, 2.24) is 19.5 Å². The number of fused-ring (bicyclic) bond motifs is 1. The van der Waals surface area contributed by atoms with Gasteiger partial charge in [-0.25, -0.2) is 15.0 Å². The molecule has 1 aliphatic rings. The quantitative estimate of drug-likeness (QED) is 0.802. The van der Waals surface area contributed by atoms with Crippen molar-refractivity contribution in [3.8, 4) is 0 Å². The van der Waals surface area contributed by atoms with E-state index in [0.717, 1.165) is 25.0 Å². The molecule has 3 N–H and O–H groups in total. The molecule has 2 aromatic rings. The molecule has 2 heterocycles. The van der Waals surface area contributed by atoms with Crippen molar-refractivity contribution in [3.63, 3.8) is 0 Å². The van der Waals surface area contributed by atoms with Crippen LogP contribution in [0.2, 0.25) is 0 Å². The number of nitrogens with two attached hydrogens (primary N) is 1. The zero-order valence-electron chi connectivity index (χ0n) is 9.45. The molecule has 0 unspecified atom stereocenters. The summed E-state index contributed by atoms with van der Waals surface area (Å²) in [7, 11) is 0. The summed E-state index contributed by atoms with van der Waals surface area (Å²) < 4.78 is 2.02. The van der Waals surface area contributed by atoms with Crippen LogP contribution < -0.4 is 5.73 Å². The first-order chi connectivity index (χ1) is 8.28. The molecule has 2 aromatic heterocycles. The Morgan fingerprint density at radius 2 is 2.12 bits per heavy atom. The van der Waals surface area contributed by atoms with Gasteiger partial charge in [0.1, 0.15) is 11.8 Å². The topological polar surface area (TPSA) is 89.9 Å². The molecule has 1 aliphatic carbocycles. The number of rotatable bonds is 3. The van der Waals surface area contributed by atoms with Crippen molar-refractivity contribution in [3.05, 3.63) is 12.7 Å². The molecule has 6 nitrogen and oxygen atoms in total. The number of anilines is 1. The van der Waals surface area contributed by atoms with Crippen molar-refractivity contribution in [1.29, 1.82) is 0 Å². The van der Waals surface area contributed by atoms with Crippen LogP contribution in [-0.2, 0) is 6.54 Å². The smallest absolute Gasteiger partial charge is 0.165 e. The van der Waals surface area contributed by atoms with E-state index in [9.17, 15) is 0 Å². The number of aliphatic hydroxyl groups is 1. The molecule has 1 saturated carbocycles. The molecule has 3 rings (SSSR count). The number of nitrogens with zero attached hydrogens (tertiary/aromatic N) is 4. The van der Waals surface area contributed by atoms with Crippen molar-refractivity contribution >= 4 is 17.0 Å². The van der Waals surface area contributed by atoms with Crippen LogP contribution in [-0.4, -0.2) is 31.2 Å². The second kappa shape index (κ2) is 3.96. The van der Waals surface area contributed by atoms with Crippen LogP contribution in [0.3, 0.4) is 0 Å². The maximum atomic E-state index is 8.98. The molecular formula is C11H15N5O. The standard InChI is InChI=1S/C11H15N5O/c12-10-9-11(14-5-13-10)16(6-15-9)3-7-1-8(2-7)4-17/h5-8,17H,1-4H2,(H2,12,13,14). The van der Waals surface area contributed by atoms with Crippen molar-refractivity contribution in [2.75, 3.05) is 12.3 Å². The van der Waals surface area contributed by atoms with Crippen molar-refractivity contribution in [2.24, 2.45) is 11.8 Å². The summed E-state index contributed by atoms with van der Waals surface area (Å²) in [4.78, 5) is 12.4. The average molecular weight is 233 g/mol. The fraction of sp³-hybridized carbons (Fsp3) is 0.545. The summed E-state index contributed by atoms with van der Waals surface area (Å²) in [6.07, 6.45) is 5.39. The van der Waals surface area contributed by atoms with Gasteiger partial charge in [-0.3, -0.25) is 0 Å². The van der Waals surface area contributed by atoms with E-state index >= 15 is 0 Å². The minimum Gasteiger partial charge on any atom is -0.396 e. The van der Waals surface area contributed by atoms with E-state index in [1.54, 1.807) is 6.33 Å². The van der Waals surface area contributed by atoms with E-state index < -0.39 is 0 Å². The van der Waals surface area contributed by atoms with E-state index in [2.05, 4.69) is 15.0 Å². The predicted molar refractivity (Wildman–Crippen MR) is 63.0 cm³/mol.